The van der Waals surface area contributed by atoms with E-state index in [4.69, 9.17) is 0 Å². The summed E-state index contributed by atoms with van der Waals surface area (Å²) >= 11 is 0. The minimum atomic E-state index is -0.177. The van der Waals surface area contributed by atoms with Crippen LogP contribution in [0.3, 0.4) is 0 Å². The number of aryl methyl sites for hydroxylation is 1. The SMILES string of the molecule is Cc1cc2ccc1SSNC(=O)N2. The fourth-order valence-corrected chi connectivity index (χ4v) is 2.84. The lowest BCUT2D eigenvalue weighted by atomic mass is 10.2. The smallest absolute Gasteiger partial charge is 0.307 e. The molecule has 2 heterocycles. The van der Waals surface area contributed by atoms with E-state index in [2.05, 4.69) is 10.0 Å². The Balaban J connectivity index is 2.40. The minimum Gasteiger partial charge on any atom is -0.307 e. The molecule has 0 saturated carbocycles. The molecule has 2 N–H and O–H groups in total. The van der Waals surface area contributed by atoms with Crippen LogP contribution in [-0.2, 0) is 0 Å². The Labute approximate surface area is 84.2 Å². The van der Waals surface area contributed by atoms with Crippen molar-refractivity contribution in [1.82, 2.24) is 4.72 Å². The highest BCUT2D eigenvalue weighted by molar-refractivity contribution is 8.76. The number of benzene rings is 1. The largest absolute Gasteiger partial charge is 0.329 e. The average Bonchev–Trinajstić information content (AvgIpc) is 2.19. The molecule has 1 aromatic rings. The molecule has 2 amide bonds. The van der Waals surface area contributed by atoms with Crippen LogP contribution in [0.15, 0.2) is 23.1 Å². The van der Waals surface area contributed by atoms with Crippen molar-refractivity contribution in [1.29, 1.82) is 0 Å². The second-order valence-electron chi connectivity index (χ2n) is 2.70. The zero-order chi connectivity index (χ0) is 9.26. The Bertz CT molecular complexity index is 354. The van der Waals surface area contributed by atoms with Crippen molar-refractivity contribution in [3.63, 3.8) is 0 Å². The van der Waals surface area contributed by atoms with E-state index in [-0.39, 0.29) is 6.03 Å². The summed E-state index contributed by atoms with van der Waals surface area (Å²) in [5.74, 6) is 0. The predicted molar refractivity (Wildman–Crippen MR) is 56.8 cm³/mol. The number of rotatable bonds is 0. The number of fused-ring (bicyclic) bond motifs is 6. The van der Waals surface area contributed by atoms with Gasteiger partial charge < -0.3 is 5.32 Å². The van der Waals surface area contributed by atoms with E-state index in [0.717, 1.165) is 5.69 Å². The van der Waals surface area contributed by atoms with Crippen molar-refractivity contribution in [2.45, 2.75) is 11.8 Å². The molecule has 2 aliphatic rings. The van der Waals surface area contributed by atoms with Gasteiger partial charge in [-0.15, -0.1) is 0 Å². The molecule has 2 aliphatic heterocycles. The Hall–Kier alpha value is -0.810. The highest BCUT2D eigenvalue weighted by atomic mass is 33.1. The number of hydrogen-bond acceptors (Lipinski definition) is 3. The van der Waals surface area contributed by atoms with Crippen molar-refractivity contribution in [2.75, 3.05) is 5.32 Å². The van der Waals surface area contributed by atoms with Gasteiger partial charge in [-0.2, -0.15) is 0 Å². The number of amides is 2. The van der Waals surface area contributed by atoms with Crippen molar-refractivity contribution >= 4 is 33.5 Å². The third kappa shape index (κ3) is 1.92. The zero-order valence-electron chi connectivity index (χ0n) is 6.96. The van der Waals surface area contributed by atoms with E-state index in [1.165, 1.54) is 21.4 Å². The topological polar surface area (TPSA) is 41.1 Å². The molecule has 0 aliphatic carbocycles. The molecule has 0 unspecified atom stereocenters. The van der Waals surface area contributed by atoms with Gasteiger partial charge in [-0.25, -0.2) is 4.79 Å². The lowest BCUT2D eigenvalue weighted by molar-refractivity contribution is 0.257. The summed E-state index contributed by atoms with van der Waals surface area (Å²) in [5.41, 5.74) is 2.01. The van der Waals surface area contributed by atoms with Crippen LogP contribution in [0, 0.1) is 6.92 Å². The third-order valence-electron chi connectivity index (χ3n) is 1.70. The molecule has 3 rings (SSSR count). The van der Waals surface area contributed by atoms with E-state index in [1.807, 2.05) is 25.1 Å². The summed E-state index contributed by atoms with van der Waals surface area (Å²) in [6.07, 6.45) is 0. The quantitative estimate of drug-likeness (QED) is 0.513. The van der Waals surface area contributed by atoms with Crippen molar-refractivity contribution in [3.8, 4) is 0 Å². The molecule has 5 heteroatoms. The Morgan fingerprint density at radius 2 is 2.23 bits per heavy atom. The maximum absolute atomic E-state index is 11.1. The highest BCUT2D eigenvalue weighted by Crippen LogP contribution is 2.33. The average molecular weight is 212 g/mol. The Kier molecular flexibility index (Phi) is 2.37. The lowest BCUT2D eigenvalue weighted by Crippen LogP contribution is -2.21. The number of carbonyl (C=O) groups excluding carboxylic acids is 1. The maximum Gasteiger partial charge on any atom is 0.329 e. The van der Waals surface area contributed by atoms with Gasteiger partial charge in [0.25, 0.3) is 0 Å². The van der Waals surface area contributed by atoms with Crippen LogP contribution >= 0.6 is 21.8 Å². The summed E-state index contributed by atoms with van der Waals surface area (Å²) in [6.45, 7) is 2.03. The number of carbonyl (C=O) groups is 1. The van der Waals surface area contributed by atoms with E-state index in [0.29, 0.717) is 0 Å². The van der Waals surface area contributed by atoms with Crippen LogP contribution in [0.4, 0.5) is 10.5 Å². The first kappa shape index (κ1) is 8.77. The van der Waals surface area contributed by atoms with Crippen LogP contribution in [0.25, 0.3) is 0 Å². The second kappa shape index (κ2) is 3.51. The van der Waals surface area contributed by atoms with Crippen LogP contribution in [0.2, 0.25) is 0 Å². The van der Waals surface area contributed by atoms with Crippen molar-refractivity contribution < 1.29 is 4.79 Å². The van der Waals surface area contributed by atoms with Gasteiger partial charge in [0.2, 0.25) is 0 Å². The lowest BCUT2D eigenvalue weighted by Gasteiger charge is -2.03. The number of anilines is 1. The molecule has 1 aromatic carbocycles. The standard InChI is InChI=1S/C8H8N2OS2/c1-5-4-6-2-3-7(5)12-13-10-8(11)9-6/h2-4H,1H3,(H2,9,10,11). The summed E-state index contributed by atoms with van der Waals surface area (Å²) in [6, 6.07) is 5.70. The van der Waals surface area contributed by atoms with Gasteiger partial charge in [0.15, 0.2) is 0 Å². The Morgan fingerprint density at radius 1 is 1.38 bits per heavy atom. The molecule has 3 nitrogen and oxygen atoms in total. The van der Waals surface area contributed by atoms with Gasteiger partial charge in [-0.05, 0) is 41.5 Å². The molecule has 68 valence electrons. The van der Waals surface area contributed by atoms with Crippen molar-refractivity contribution in [3.05, 3.63) is 23.8 Å². The maximum atomic E-state index is 11.1. The first-order chi connectivity index (χ1) is 6.25. The number of hydrogen-bond donors (Lipinski definition) is 2. The zero-order valence-corrected chi connectivity index (χ0v) is 8.59. The minimum absolute atomic E-state index is 0.177. The van der Waals surface area contributed by atoms with Gasteiger partial charge >= 0.3 is 6.03 Å². The normalized spacial score (nSPS) is 15.3. The summed E-state index contributed by atoms with van der Waals surface area (Å²) < 4.78 is 2.66. The number of urea groups is 1. The van der Waals surface area contributed by atoms with Gasteiger partial charge in [0, 0.05) is 21.6 Å². The molecule has 2 bridgehead atoms. The fourth-order valence-electron chi connectivity index (χ4n) is 1.08. The monoisotopic (exact) mass is 212 g/mol. The molecule has 0 radical (unpaired) electrons. The van der Waals surface area contributed by atoms with Gasteiger partial charge in [-0.1, -0.05) is 0 Å². The molecule has 0 aromatic heterocycles. The van der Waals surface area contributed by atoms with Gasteiger partial charge in [0.1, 0.15) is 0 Å². The van der Waals surface area contributed by atoms with Gasteiger partial charge in [0.05, 0.1) is 0 Å². The molecule has 0 atom stereocenters. The Morgan fingerprint density at radius 3 is 3.00 bits per heavy atom. The third-order valence-corrected chi connectivity index (χ3v) is 3.73. The van der Waals surface area contributed by atoms with Crippen molar-refractivity contribution in [2.24, 2.45) is 0 Å². The molecular formula is C8H8N2OS2. The summed E-state index contributed by atoms with van der Waals surface area (Å²) in [5, 5.41) is 2.73. The number of nitrogens with one attached hydrogen (secondary N) is 2. The molecule has 0 spiro atoms. The molecule has 13 heavy (non-hydrogen) atoms. The summed E-state index contributed by atoms with van der Waals surface area (Å²) in [7, 11) is 2.88. The van der Waals surface area contributed by atoms with Crippen LogP contribution < -0.4 is 10.0 Å². The predicted octanol–water partition coefficient (Wildman–Crippen LogP) is 2.79. The van der Waals surface area contributed by atoms with Crippen LogP contribution in [-0.4, -0.2) is 6.03 Å². The fraction of sp³-hybridized carbons (Fsp3) is 0.125. The van der Waals surface area contributed by atoms with E-state index in [9.17, 15) is 4.79 Å². The molecular weight excluding hydrogens is 204 g/mol. The molecule has 0 saturated heterocycles. The molecule has 0 fully saturated rings. The van der Waals surface area contributed by atoms with E-state index < -0.39 is 0 Å². The first-order valence-corrected chi connectivity index (χ1v) is 5.92. The first-order valence-electron chi connectivity index (χ1n) is 3.77. The highest BCUT2D eigenvalue weighted by Gasteiger charge is 2.08. The van der Waals surface area contributed by atoms with Crippen LogP contribution in [0.5, 0.6) is 0 Å². The second-order valence-corrected chi connectivity index (χ2v) is 4.68. The van der Waals surface area contributed by atoms with Crippen LogP contribution in [0.1, 0.15) is 5.56 Å². The van der Waals surface area contributed by atoms with E-state index >= 15 is 0 Å². The van der Waals surface area contributed by atoms with Gasteiger partial charge in [-0.3, -0.25) is 4.72 Å². The summed E-state index contributed by atoms with van der Waals surface area (Å²) in [4.78, 5) is 12.3. The van der Waals surface area contributed by atoms with E-state index in [1.54, 1.807) is 10.8 Å².